The third-order valence-electron chi connectivity index (χ3n) is 3.19. The molecule has 1 fully saturated rings. The van der Waals surface area contributed by atoms with Crippen LogP contribution < -0.4 is 5.32 Å². The maximum Gasteiger partial charge on any atom is 0.175 e. The maximum absolute atomic E-state index is 11.4. The van der Waals surface area contributed by atoms with Crippen molar-refractivity contribution in [3.8, 4) is 0 Å². The fourth-order valence-corrected chi connectivity index (χ4v) is 2.79. The zero-order chi connectivity index (χ0) is 13.0. The van der Waals surface area contributed by atoms with Crippen LogP contribution in [0, 0.1) is 0 Å². The third kappa shape index (κ3) is 3.80. The van der Waals surface area contributed by atoms with E-state index in [9.17, 15) is 8.42 Å². The van der Waals surface area contributed by atoms with E-state index in [1.165, 1.54) is 18.2 Å². The number of nitrogens with zero attached hydrogens (tertiary/aromatic N) is 1. The Morgan fingerprint density at radius 1 is 1.17 bits per heavy atom. The van der Waals surface area contributed by atoms with Gasteiger partial charge in [-0.15, -0.1) is 0 Å². The summed E-state index contributed by atoms with van der Waals surface area (Å²) in [5.41, 5.74) is 1.17. The molecule has 5 heteroatoms. The smallest absolute Gasteiger partial charge is 0.175 e. The van der Waals surface area contributed by atoms with E-state index in [1.807, 2.05) is 12.1 Å². The second kappa shape index (κ2) is 5.82. The largest absolute Gasteiger partial charge is 0.315 e. The number of rotatable bonds is 3. The molecule has 4 nitrogen and oxygen atoms in total. The van der Waals surface area contributed by atoms with Gasteiger partial charge in [0.15, 0.2) is 9.84 Å². The summed E-state index contributed by atoms with van der Waals surface area (Å²) in [7, 11) is -3.08. The van der Waals surface area contributed by atoms with Gasteiger partial charge in [0.2, 0.25) is 0 Å². The summed E-state index contributed by atoms with van der Waals surface area (Å²) < 4.78 is 22.7. The Kier molecular flexibility index (Phi) is 4.37. The Balaban J connectivity index is 2.01. The molecule has 0 radical (unpaired) electrons. The first-order chi connectivity index (χ1) is 8.55. The van der Waals surface area contributed by atoms with E-state index in [0.717, 1.165) is 32.7 Å². The van der Waals surface area contributed by atoms with Crippen molar-refractivity contribution in [3.05, 3.63) is 29.8 Å². The minimum atomic E-state index is -3.08. The number of nitrogens with one attached hydrogen (secondary N) is 1. The highest BCUT2D eigenvalue weighted by Gasteiger charge is 2.10. The molecule has 0 saturated carbocycles. The van der Waals surface area contributed by atoms with Gasteiger partial charge in [-0.05, 0) is 37.2 Å². The van der Waals surface area contributed by atoms with Gasteiger partial charge in [-0.2, -0.15) is 0 Å². The van der Waals surface area contributed by atoms with Gasteiger partial charge in [-0.25, -0.2) is 8.42 Å². The Hall–Kier alpha value is -0.910. The highest BCUT2D eigenvalue weighted by Crippen LogP contribution is 2.12. The minimum Gasteiger partial charge on any atom is -0.315 e. The van der Waals surface area contributed by atoms with Crippen molar-refractivity contribution >= 4 is 9.84 Å². The molecule has 1 saturated heterocycles. The molecular formula is C13H20N2O2S. The SMILES string of the molecule is CS(=O)(=O)c1ccc(CN2CCCNCC2)cc1. The quantitative estimate of drug-likeness (QED) is 0.884. The predicted octanol–water partition coefficient (Wildman–Crippen LogP) is 0.885. The number of sulfone groups is 1. The Bertz CT molecular complexity index is 474. The summed E-state index contributed by atoms with van der Waals surface area (Å²) >= 11 is 0. The summed E-state index contributed by atoms with van der Waals surface area (Å²) in [6, 6.07) is 7.21. The molecule has 1 aromatic carbocycles. The van der Waals surface area contributed by atoms with Crippen molar-refractivity contribution < 1.29 is 8.42 Å². The van der Waals surface area contributed by atoms with E-state index in [1.54, 1.807) is 12.1 Å². The van der Waals surface area contributed by atoms with Crippen LogP contribution in [0.15, 0.2) is 29.2 Å². The standard InChI is InChI=1S/C13H20N2O2S/c1-18(16,17)13-5-3-12(4-6-13)11-15-9-2-7-14-8-10-15/h3-6,14H,2,7-11H2,1H3. The highest BCUT2D eigenvalue weighted by molar-refractivity contribution is 7.90. The van der Waals surface area contributed by atoms with Crippen LogP contribution in [0.1, 0.15) is 12.0 Å². The van der Waals surface area contributed by atoms with Crippen LogP contribution in [0.2, 0.25) is 0 Å². The van der Waals surface area contributed by atoms with Crippen LogP contribution in [0.5, 0.6) is 0 Å². The fourth-order valence-electron chi connectivity index (χ4n) is 2.16. The molecule has 0 unspecified atom stereocenters. The van der Waals surface area contributed by atoms with E-state index < -0.39 is 9.84 Å². The summed E-state index contributed by atoms with van der Waals surface area (Å²) in [4.78, 5) is 2.79. The Morgan fingerprint density at radius 2 is 1.89 bits per heavy atom. The van der Waals surface area contributed by atoms with Crippen molar-refractivity contribution in [3.63, 3.8) is 0 Å². The molecule has 1 aromatic rings. The number of hydrogen-bond donors (Lipinski definition) is 1. The first-order valence-corrected chi connectivity index (χ1v) is 8.17. The van der Waals surface area contributed by atoms with Crippen LogP contribution >= 0.6 is 0 Å². The van der Waals surface area contributed by atoms with Crippen LogP contribution in [-0.4, -0.2) is 45.8 Å². The van der Waals surface area contributed by atoms with Crippen LogP contribution in [0.4, 0.5) is 0 Å². The molecule has 1 N–H and O–H groups in total. The molecule has 0 aromatic heterocycles. The molecule has 1 heterocycles. The van der Waals surface area contributed by atoms with Crippen molar-refractivity contribution in [2.24, 2.45) is 0 Å². The summed E-state index contributed by atoms with van der Waals surface area (Å²) in [5, 5.41) is 3.37. The topological polar surface area (TPSA) is 49.4 Å². The molecule has 100 valence electrons. The molecular weight excluding hydrogens is 248 g/mol. The van der Waals surface area contributed by atoms with E-state index in [4.69, 9.17) is 0 Å². The maximum atomic E-state index is 11.4. The van der Waals surface area contributed by atoms with Gasteiger partial charge in [0.1, 0.15) is 0 Å². The normalized spacial score (nSPS) is 18.5. The molecule has 2 rings (SSSR count). The fraction of sp³-hybridized carbons (Fsp3) is 0.538. The van der Waals surface area contributed by atoms with Crippen molar-refractivity contribution in [1.29, 1.82) is 0 Å². The lowest BCUT2D eigenvalue weighted by Gasteiger charge is -2.19. The zero-order valence-corrected chi connectivity index (χ0v) is 11.5. The molecule has 1 aliphatic rings. The molecule has 0 aliphatic carbocycles. The zero-order valence-electron chi connectivity index (χ0n) is 10.7. The highest BCUT2D eigenvalue weighted by atomic mass is 32.2. The van der Waals surface area contributed by atoms with Gasteiger partial charge >= 0.3 is 0 Å². The lowest BCUT2D eigenvalue weighted by molar-refractivity contribution is 0.284. The number of benzene rings is 1. The van der Waals surface area contributed by atoms with Gasteiger partial charge in [0, 0.05) is 25.9 Å². The molecule has 0 atom stereocenters. The van der Waals surface area contributed by atoms with Crippen LogP contribution in [-0.2, 0) is 16.4 Å². The van der Waals surface area contributed by atoms with E-state index in [-0.39, 0.29) is 0 Å². The molecule has 0 spiro atoms. The first-order valence-electron chi connectivity index (χ1n) is 6.28. The van der Waals surface area contributed by atoms with Gasteiger partial charge in [0.25, 0.3) is 0 Å². The average Bonchev–Trinajstić information content (AvgIpc) is 2.57. The van der Waals surface area contributed by atoms with E-state index in [2.05, 4.69) is 10.2 Å². The monoisotopic (exact) mass is 268 g/mol. The van der Waals surface area contributed by atoms with Crippen LogP contribution in [0.25, 0.3) is 0 Å². The lowest BCUT2D eigenvalue weighted by Crippen LogP contribution is -2.27. The predicted molar refractivity (Wildman–Crippen MR) is 72.3 cm³/mol. The van der Waals surface area contributed by atoms with Gasteiger partial charge in [0.05, 0.1) is 4.90 Å². The van der Waals surface area contributed by atoms with Gasteiger partial charge < -0.3 is 5.32 Å². The molecule has 1 aliphatic heterocycles. The molecule has 0 bridgehead atoms. The lowest BCUT2D eigenvalue weighted by atomic mass is 10.2. The van der Waals surface area contributed by atoms with Crippen LogP contribution in [0.3, 0.4) is 0 Å². The molecule has 0 amide bonds. The summed E-state index contributed by atoms with van der Waals surface area (Å²) in [6.45, 7) is 5.16. The third-order valence-corrected chi connectivity index (χ3v) is 4.32. The summed E-state index contributed by atoms with van der Waals surface area (Å²) in [5.74, 6) is 0. The van der Waals surface area contributed by atoms with Gasteiger partial charge in [-0.1, -0.05) is 12.1 Å². The summed E-state index contributed by atoms with van der Waals surface area (Å²) in [6.07, 6.45) is 2.41. The van der Waals surface area contributed by atoms with Crippen molar-refractivity contribution in [1.82, 2.24) is 10.2 Å². The average molecular weight is 268 g/mol. The second-order valence-electron chi connectivity index (χ2n) is 4.80. The van der Waals surface area contributed by atoms with E-state index >= 15 is 0 Å². The van der Waals surface area contributed by atoms with E-state index in [0.29, 0.717) is 4.90 Å². The second-order valence-corrected chi connectivity index (χ2v) is 6.81. The van der Waals surface area contributed by atoms with Gasteiger partial charge in [-0.3, -0.25) is 4.90 Å². The minimum absolute atomic E-state index is 0.392. The number of hydrogen-bond acceptors (Lipinski definition) is 4. The molecule has 18 heavy (non-hydrogen) atoms. The van der Waals surface area contributed by atoms with Crippen molar-refractivity contribution in [2.45, 2.75) is 17.9 Å². The Labute approximate surface area is 109 Å². The Morgan fingerprint density at radius 3 is 2.56 bits per heavy atom. The van der Waals surface area contributed by atoms with Crippen molar-refractivity contribution in [2.75, 3.05) is 32.4 Å². The first kappa shape index (κ1) is 13.5.